The molecule has 220 valence electrons. The number of fused-ring (bicyclic) bond motifs is 4. The zero-order valence-electron chi connectivity index (χ0n) is 25.2. The summed E-state index contributed by atoms with van der Waals surface area (Å²) in [6, 6.07) is 18.1. The lowest BCUT2D eigenvalue weighted by atomic mass is 9.51. The van der Waals surface area contributed by atoms with E-state index in [1.54, 1.807) is 7.05 Å². The van der Waals surface area contributed by atoms with Gasteiger partial charge in [-0.15, -0.1) is 0 Å². The summed E-state index contributed by atoms with van der Waals surface area (Å²) in [5.41, 5.74) is 9.59. The number of rotatable bonds is 8. The van der Waals surface area contributed by atoms with Crippen molar-refractivity contribution >= 4 is 23.0 Å². The average Bonchev–Trinajstić information content (AvgIpc) is 3.36. The van der Waals surface area contributed by atoms with Crippen LogP contribution >= 0.6 is 0 Å². The normalized spacial score (nSPS) is 28.7. The Balaban J connectivity index is 1.49. The molecule has 5 unspecified atom stereocenters. The van der Waals surface area contributed by atoms with Crippen LogP contribution in [-0.4, -0.2) is 45.1 Å². The molecule has 2 aromatic rings. The molecule has 2 aromatic carbocycles. The fraction of sp³-hybridized carbons (Fsp3) is 0.472. The maximum Gasteiger partial charge on any atom is 0.196 e. The fourth-order valence-corrected chi connectivity index (χ4v) is 8.83. The number of ketones is 3. The second kappa shape index (κ2) is 11.4. The molecule has 5 atom stereocenters. The first kappa shape index (κ1) is 28.8. The van der Waals surface area contributed by atoms with Crippen molar-refractivity contribution in [1.29, 1.82) is 0 Å². The van der Waals surface area contributed by atoms with Crippen molar-refractivity contribution in [2.45, 2.75) is 57.8 Å². The predicted molar refractivity (Wildman–Crippen MR) is 164 cm³/mol. The average molecular weight is 567 g/mol. The minimum absolute atomic E-state index is 0.0229. The van der Waals surface area contributed by atoms with Crippen LogP contribution in [0.3, 0.4) is 0 Å². The van der Waals surface area contributed by atoms with Crippen LogP contribution in [0.4, 0.5) is 5.69 Å². The number of benzene rings is 2. The van der Waals surface area contributed by atoms with Crippen molar-refractivity contribution < 1.29 is 19.2 Å². The molecule has 42 heavy (non-hydrogen) atoms. The number of Topliss-reactive ketones (excluding diaryl/α,β-unsaturated/α-hetero) is 3. The maximum atomic E-state index is 13.8. The largest absolute Gasteiger partial charge is 0.378 e. The molecule has 0 radical (unpaired) electrons. The Bertz CT molecular complexity index is 1450. The summed E-state index contributed by atoms with van der Waals surface area (Å²) in [7, 11) is 5.79. The SMILES string of the molecule is CNOCC(=O)C1CCC2C3CCC4=C(C(=O)c5ccccc5)C(=O)CCC4=C3C(c3ccc(N(C)C)cc3)CC12C. The van der Waals surface area contributed by atoms with E-state index in [4.69, 9.17) is 4.84 Å². The molecule has 0 aliphatic heterocycles. The van der Waals surface area contributed by atoms with Crippen LogP contribution in [0, 0.1) is 23.2 Å². The number of hydrogen-bond donors (Lipinski definition) is 1. The minimum atomic E-state index is -0.143. The van der Waals surface area contributed by atoms with Gasteiger partial charge in [0, 0.05) is 50.7 Å². The summed E-state index contributed by atoms with van der Waals surface area (Å²) in [5, 5.41) is 0. The van der Waals surface area contributed by atoms with E-state index in [1.165, 1.54) is 16.7 Å². The lowest BCUT2D eigenvalue weighted by molar-refractivity contribution is -0.134. The molecule has 0 amide bonds. The smallest absolute Gasteiger partial charge is 0.196 e. The Morgan fingerprint density at radius 3 is 2.38 bits per heavy atom. The molecule has 2 saturated carbocycles. The molecular weight excluding hydrogens is 524 g/mol. The van der Waals surface area contributed by atoms with Gasteiger partial charge in [0.05, 0.1) is 5.57 Å². The Kier molecular flexibility index (Phi) is 7.79. The van der Waals surface area contributed by atoms with Gasteiger partial charge in [0.25, 0.3) is 0 Å². The highest BCUT2D eigenvalue weighted by Crippen LogP contribution is 2.66. The first-order valence-electron chi connectivity index (χ1n) is 15.4. The van der Waals surface area contributed by atoms with Crippen LogP contribution < -0.4 is 10.4 Å². The predicted octanol–water partition coefficient (Wildman–Crippen LogP) is 6.24. The lowest BCUT2D eigenvalue weighted by Crippen LogP contribution is -2.46. The first-order chi connectivity index (χ1) is 20.2. The van der Waals surface area contributed by atoms with E-state index >= 15 is 0 Å². The highest BCUT2D eigenvalue weighted by Gasteiger charge is 2.58. The molecule has 4 aliphatic rings. The topological polar surface area (TPSA) is 75.7 Å². The van der Waals surface area contributed by atoms with Gasteiger partial charge >= 0.3 is 0 Å². The van der Waals surface area contributed by atoms with Crippen LogP contribution in [0.2, 0.25) is 0 Å². The molecule has 0 aromatic heterocycles. The molecule has 2 fully saturated rings. The van der Waals surface area contributed by atoms with Crippen LogP contribution in [0.15, 0.2) is 76.9 Å². The van der Waals surface area contributed by atoms with Crippen molar-refractivity contribution in [3.63, 3.8) is 0 Å². The minimum Gasteiger partial charge on any atom is -0.378 e. The summed E-state index contributed by atoms with van der Waals surface area (Å²) in [4.78, 5) is 48.0. The van der Waals surface area contributed by atoms with Gasteiger partial charge in [0.15, 0.2) is 17.3 Å². The molecule has 6 rings (SSSR count). The zero-order valence-corrected chi connectivity index (χ0v) is 25.2. The monoisotopic (exact) mass is 566 g/mol. The first-order valence-corrected chi connectivity index (χ1v) is 15.4. The van der Waals surface area contributed by atoms with Crippen LogP contribution in [-0.2, 0) is 14.4 Å². The number of nitrogens with zero attached hydrogens (tertiary/aromatic N) is 1. The zero-order chi connectivity index (χ0) is 29.6. The van der Waals surface area contributed by atoms with E-state index in [0.29, 0.717) is 35.8 Å². The molecule has 0 saturated heterocycles. The quantitative estimate of drug-likeness (QED) is 0.232. The van der Waals surface area contributed by atoms with Gasteiger partial charge in [-0.2, -0.15) is 0 Å². The van der Waals surface area contributed by atoms with E-state index in [-0.39, 0.29) is 41.2 Å². The van der Waals surface area contributed by atoms with Gasteiger partial charge in [-0.05, 0) is 84.6 Å². The van der Waals surface area contributed by atoms with E-state index < -0.39 is 0 Å². The summed E-state index contributed by atoms with van der Waals surface area (Å²) in [6.07, 6.45) is 5.51. The maximum absolute atomic E-state index is 13.8. The third-order valence-electron chi connectivity index (χ3n) is 10.7. The van der Waals surface area contributed by atoms with E-state index in [9.17, 15) is 14.4 Å². The summed E-state index contributed by atoms with van der Waals surface area (Å²) >= 11 is 0. The van der Waals surface area contributed by atoms with E-state index in [2.05, 4.69) is 41.6 Å². The van der Waals surface area contributed by atoms with Gasteiger partial charge < -0.3 is 4.90 Å². The fourth-order valence-electron chi connectivity index (χ4n) is 8.83. The number of anilines is 1. The van der Waals surface area contributed by atoms with Crippen molar-refractivity contribution in [3.05, 3.63) is 88.0 Å². The van der Waals surface area contributed by atoms with Crippen LogP contribution in [0.1, 0.15) is 73.7 Å². The van der Waals surface area contributed by atoms with E-state index in [1.807, 2.05) is 44.4 Å². The molecule has 6 nitrogen and oxygen atoms in total. The molecule has 1 N–H and O–H groups in total. The number of carbonyl (C=O) groups is 3. The highest BCUT2D eigenvalue weighted by atomic mass is 16.6. The number of carbonyl (C=O) groups excluding carboxylic acids is 3. The Labute approximate surface area is 249 Å². The highest BCUT2D eigenvalue weighted by molar-refractivity contribution is 6.27. The second-order valence-electron chi connectivity index (χ2n) is 13.0. The number of nitrogens with one attached hydrogen (secondary N) is 1. The summed E-state index contributed by atoms with van der Waals surface area (Å²) in [6.45, 7) is 2.43. The molecule has 6 heteroatoms. The lowest BCUT2D eigenvalue weighted by Gasteiger charge is -2.52. The molecular formula is C36H42N2O4. The van der Waals surface area contributed by atoms with Crippen LogP contribution in [0.5, 0.6) is 0 Å². The molecule has 0 bridgehead atoms. The third kappa shape index (κ3) is 4.79. The van der Waals surface area contributed by atoms with Gasteiger partial charge in [-0.3, -0.25) is 19.2 Å². The Morgan fingerprint density at radius 1 is 0.952 bits per heavy atom. The molecule has 4 aliphatic carbocycles. The van der Waals surface area contributed by atoms with Gasteiger partial charge in [0.2, 0.25) is 0 Å². The van der Waals surface area contributed by atoms with Crippen molar-refractivity contribution in [3.8, 4) is 0 Å². The summed E-state index contributed by atoms with van der Waals surface area (Å²) in [5.74, 6) is 0.852. The number of hydroxylamine groups is 1. The van der Waals surface area contributed by atoms with Crippen molar-refractivity contribution in [1.82, 2.24) is 5.48 Å². The molecule has 0 spiro atoms. The van der Waals surface area contributed by atoms with E-state index in [0.717, 1.165) is 43.4 Å². The number of allylic oxidation sites excluding steroid dienone is 4. The Hall–Kier alpha value is -3.35. The van der Waals surface area contributed by atoms with Gasteiger partial charge in [0.1, 0.15) is 6.61 Å². The third-order valence-corrected chi connectivity index (χ3v) is 10.7. The van der Waals surface area contributed by atoms with Gasteiger partial charge in [-0.1, -0.05) is 55.0 Å². The second-order valence-corrected chi connectivity index (χ2v) is 13.0. The van der Waals surface area contributed by atoms with Crippen molar-refractivity contribution in [2.75, 3.05) is 32.6 Å². The van der Waals surface area contributed by atoms with Crippen LogP contribution in [0.25, 0.3) is 0 Å². The Morgan fingerprint density at radius 2 is 1.69 bits per heavy atom. The number of hydrogen-bond acceptors (Lipinski definition) is 6. The van der Waals surface area contributed by atoms with Gasteiger partial charge in [-0.25, -0.2) is 5.48 Å². The summed E-state index contributed by atoms with van der Waals surface area (Å²) < 4.78 is 0. The standard InChI is InChI=1S/C36H42N2O4/c1-36-20-28(22-10-12-24(13-11-22)38(3)4)33-25-16-19-31(39)34(35(41)23-8-6-5-7-9-23)26(25)14-15-27(33)29(36)17-18-30(36)32(40)21-42-37-2/h5-13,27-30,37H,14-21H2,1-4H3. The van der Waals surface area contributed by atoms with Crippen molar-refractivity contribution in [2.24, 2.45) is 23.2 Å². The molecule has 0 heterocycles.